The summed E-state index contributed by atoms with van der Waals surface area (Å²) in [6.07, 6.45) is 0. The van der Waals surface area contributed by atoms with E-state index in [1.165, 1.54) is 4.68 Å². The Balaban J connectivity index is 1.49. The summed E-state index contributed by atoms with van der Waals surface area (Å²) < 4.78 is 1.29. The van der Waals surface area contributed by atoms with Crippen LogP contribution in [0.2, 0.25) is 5.02 Å². The van der Waals surface area contributed by atoms with Gasteiger partial charge in [-0.1, -0.05) is 53.7 Å². The third kappa shape index (κ3) is 5.24. The molecule has 8 nitrogen and oxygen atoms in total. The van der Waals surface area contributed by atoms with Gasteiger partial charge in [0.1, 0.15) is 0 Å². The lowest BCUT2D eigenvalue weighted by Crippen LogP contribution is -2.40. The SMILES string of the molecule is Nn1c(SCC(=O)NC(=O)NCc2ccccc2)nnc1-c1ccc(Cl)cc1. The number of halogens is 1. The second kappa shape index (κ2) is 9.25. The van der Waals surface area contributed by atoms with Gasteiger partial charge in [-0.3, -0.25) is 10.1 Å². The van der Waals surface area contributed by atoms with Crippen molar-refractivity contribution in [2.45, 2.75) is 11.7 Å². The summed E-state index contributed by atoms with van der Waals surface area (Å²) in [7, 11) is 0. The third-order valence-electron chi connectivity index (χ3n) is 3.65. The summed E-state index contributed by atoms with van der Waals surface area (Å²) in [5, 5.41) is 13.8. The van der Waals surface area contributed by atoms with Gasteiger partial charge in [-0.05, 0) is 29.8 Å². The molecule has 0 spiro atoms. The monoisotopic (exact) mass is 416 g/mol. The van der Waals surface area contributed by atoms with Gasteiger partial charge in [-0.15, -0.1) is 10.2 Å². The summed E-state index contributed by atoms with van der Waals surface area (Å²) in [6.45, 7) is 0.328. The maximum atomic E-state index is 12.0. The summed E-state index contributed by atoms with van der Waals surface area (Å²) in [4.78, 5) is 23.8. The number of rotatable bonds is 6. The lowest BCUT2D eigenvalue weighted by atomic mass is 10.2. The van der Waals surface area contributed by atoms with Gasteiger partial charge in [0.15, 0.2) is 5.82 Å². The lowest BCUT2D eigenvalue weighted by Gasteiger charge is -2.07. The molecule has 10 heteroatoms. The van der Waals surface area contributed by atoms with Crippen LogP contribution in [0.25, 0.3) is 11.4 Å². The standard InChI is InChI=1S/C18H17ClN6O2S/c19-14-8-6-13(7-9-14)16-23-24-18(25(16)20)28-11-15(26)22-17(27)21-10-12-4-2-1-3-5-12/h1-9H,10-11,20H2,(H2,21,22,26,27). The Bertz CT molecular complexity index is 962. The maximum absolute atomic E-state index is 12.0. The quantitative estimate of drug-likeness (QED) is 0.420. The van der Waals surface area contributed by atoms with Crippen LogP contribution in [-0.4, -0.2) is 32.6 Å². The molecule has 0 atom stereocenters. The van der Waals surface area contributed by atoms with Crippen LogP contribution in [0.3, 0.4) is 0 Å². The number of thioether (sulfide) groups is 1. The molecule has 3 amide bonds. The topological polar surface area (TPSA) is 115 Å². The molecule has 3 rings (SSSR count). The van der Waals surface area contributed by atoms with Gasteiger partial charge in [0, 0.05) is 17.1 Å². The van der Waals surface area contributed by atoms with Crippen molar-refractivity contribution < 1.29 is 9.59 Å². The number of hydrogen-bond donors (Lipinski definition) is 3. The van der Waals surface area contributed by atoms with Crippen molar-refractivity contribution in [1.29, 1.82) is 0 Å². The Hall–Kier alpha value is -3.04. The highest BCUT2D eigenvalue weighted by Gasteiger charge is 2.15. The van der Waals surface area contributed by atoms with E-state index in [0.717, 1.165) is 22.9 Å². The molecule has 0 saturated heterocycles. The Morgan fingerprint density at radius 1 is 1.07 bits per heavy atom. The van der Waals surface area contributed by atoms with Crippen molar-refractivity contribution in [3.63, 3.8) is 0 Å². The molecule has 1 heterocycles. The predicted octanol–water partition coefficient (Wildman–Crippen LogP) is 2.43. The predicted molar refractivity (Wildman–Crippen MR) is 108 cm³/mol. The molecule has 0 aliphatic carbocycles. The molecule has 144 valence electrons. The van der Waals surface area contributed by atoms with Gasteiger partial charge < -0.3 is 11.2 Å². The fourth-order valence-corrected chi connectivity index (χ4v) is 3.07. The van der Waals surface area contributed by atoms with Crippen LogP contribution in [0.15, 0.2) is 59.8 Å². The number of nitrogens with two attached hydrogens (primary N) is 1. The zero-order valence-electron chi connectivity index (χ0n) is 14.6. The molecule has 3 aromatic rings. The first-order valence-corrected chi connectivity index (χ1v) is 9.60. The Labute approximate surface area is 170 Å². The first-order valence-electron chi connectivity index (χ1n) is 8.24. The largest absolute Gasteiger partial charge is 0.335 e. The van der Waals surface area contributed by atoms with Crippen LogP contribution in [0.4, 0.5) is 4.79 Å². The molecule has 0 fully saturated rings. The molecule has 4 N–H and O–H groups in total. The number of carbonyl (C=O) groups is 2. The van der Waals surface area contributed by atoms with E-state index in [0.29, 0.717) is 22.5 Å². The molecule has 0 bridgehead atoms. The van der Waals surface area contributed by atoms with E-state index < -0.39 is 11.9 Å². The van der Waals surface area contributed by atoms with Crippen molar-refractivity contribution >= 4 is 35.3 Å². The Morgan fingerprint density at radius 3 is 2.50 bits per heavy atom. The number of imide groups is 1. The van der Waals surface area contributed by atoms with Crippen molar-refractivity contribution in [2.75, 3.05) is 11.6 Å². The molecular formula is C18H17ClN6O2S. The van der Waals surface area contributed by atoms with E-state index in [2.05, 4.69) is 20.8 Å². The van der Waals surface area contributed by atoms with Crippen LogP contribution < -0.4 is 16.5 Å². The van der Waals surface area contributed by atoms with Crippen LogP contribution >= 0.6 is 23.4 Å². The van der Waals surface area contributed by atoms with Crippen LogP contribution in [-0.2, 0) is 11.3 Å². The fraction of sp³-hybridized carbons (Fsp3) is 0.111. The van der Waals surface area contributed by atoms with E-state index in [4.69, 9.17) is 17.4 Å². The number of hydrogen-bond acceptors (Lipinski definition) is 6. The normalized spacial score (nSPS) is 10.5. The summed E-state index contributed by atoms with van der Waals surface area (Å²) in [6, 6.07) is 15.8. The van der Waals surface area contributed by atoms with Gasteiger partial charge in [-0.2, -0.15) is 0 Å². The average Bonchev–Trinajstić information content (AvgIpc) is 3.07. The Morgan fingerprint density at radius 2 is 1.79 bits per heavy atom. The zero-order chi connectivity index (χ0) is 19.9. The van der Waals surface area contributed by atoms with Crippen molar-refractivity contribution in [3.8, 4) is 11.4 Å². The van der Waals surface area contributed by atoms with Crippen molar-refractivity contribution in [3.05, 3.63) is 65.2 Å². The number of nitrogen functional groups attached to an aromatic ring is 1. The Kier molecular flexibility index (Phi) is 6.51. The summed E-state index contributed by atoms with van der Waals surface area (Å²) in [5.41, 5.74) is 1.68. The molecule has 2 aromatic carbocycles. The average molecular weight is 417 g/mol. The van der Waals surface area contributed by atoms with Crippen LogP contribution in [0, 0.1) is 0 Å². The van der Waals surface area contributed by atoms with Gasteiger partial charge in [0.05, 0.1) is 5.75 Å². The highest BCUT2D eigenvalue weighted by molar-refractivity contribution is 7.99. The molecule has 0 unspecified atom stereocenters. The smallest absolute Gasteiger partial charge is 0.321 e. The third-order valence-corrected chi connectivity index (χ3v) is 4.84. The fourth-order valence-electron chi connectivity index (χ4n) is 2.29. The first kappa shape index (κ1) is 19.7. The van der Waals surface area contributed by atoms with E-state index in [-0.39, 0.29) is 5.75 Å². The number of nitrogens with zero attached hydrogens (tertiary/aromatic N) is 3. The lowest BCUT2D eigenvalue weighted by molar-refractivity contribution is -0.117. The highest BCUT2D eigenvalue weighted by atomic mass is 35.5. The number of nitrogens with one attached hydrogen (secondary N) is 2. The molecule has 1 aromatic heterocycles. The number of carbonyl (C=O) groups excluding carboxylic acids is 2. The molecule has 0 aliphatic heterocycles. The summed E-state index contributed by atoms with van der Waals surface area (Å²) >= 11 is 6.95. The second-order valence-electron chi connectivity index (χ2n) is 5.69. The minimum Gasteiger partial charge on any atom is -0.335 e. The highest BCUT2D eigenvalue weighted by Crippen LogP contribution is 2.22. The van der Waals surface area contributed by atoms with Crippen molar-refractivity contribution in [2.24, 2.45) is 0 Å². The zero-order valence-corrected chi connectivity index (χ0v) is 16.2. The summed E-state index contributed by atoms with van der Waals surface area (Å²) in [5.74, 6) is 5.95. The molecule has 0 radical (unpaired) electrons. The number of aromatic nitrogens is 3. The van der Waals surface area contributed by atoms with Gasteiger partial charge in [0.2, 0.25) is 11.1 Å². The van der Waals surface area contributed by atoms with Gasteiger partial charge >= 0.3 is 6.03 Å². The minimum atomic E-state index is -0.564. The molecular weight excluding hydrogens is 400 g/mol. The first-order chi connectivity index (χ1) is 13.5. The number of urea groups is 1. The van der Waals surface area contributed by atoms with Crippen LogP contribution in [0.1, 0.15) is 5.56 Å². The second-order valence-corrected chi connectivity index (χ2v) is 7.07. The number of benzene rings is 2. The minimum absolute atomic E-state index is 0.0330. The number of amides is 3. The van der Waals surface area contributed by atoms with Gasteiger partial charge in [0.25, 0.3) is 0 Å². The maximum Gasteiger partial charge on any atom is 0.321 e. The molecule has 0 aliphatic rings. The molecule has 0 saturated carbocycles. The van der Waals surface area contributed by atoms with Gasteiger partial charge in [-0.25, -0.2) is 9.47 Å². The van der Waals surface area contributed by atoms with E-state index >= 15 is 0 Å². The molecule has 28 heavy (non-hydrogen) atoms. The van der Waals surface area contributed by atoms with E-state index in [9.17, 15) is 9.59 Å². The van der Waals surface area contributed by atoms with Crippen molar-refractivity contribution in [1.82, 2.24) is 25.5 Å². The van der Waals surface area contributed by atoms with Crippen LogP contribution in [0.5, 0.6) is 0 Å². The van der Waals surface area contributed by atoms with E-state index in [1.54, 1.807) is 24.3 Å². The van der Waals surface area contributed by atoms with E-state index in [1.807, 2.05) is 30.3 Å².